The van der Waals surface area contributed by atoms with Gasteiger partial charge >= 0.3 is 0 Å². The van der Waals surface area contributed by atoms with Crippen molar-refractivity contribution in [2.24, 2.45) is 5.92 Å². The first-order valence-corrected chi connectivity index (χ1v) is 7.69. The van der Waals surface area contributed by atoms with Gasteiger partial charge in [-0.25, -0.2) is 0 Å². The van der Waals surface area contributed by atoms with Crippen LogP contribution in [0.3, 0.4) is 0 Å². The Bertz CT molecular complexity index is 599. The molecule has 130 valence electrons. The van der Waals surface area contributed by atoms with Crippen LogP contribution in [0.2, 0.25) is 0 Å². The van der Waals surface area contributed by atoms with Gasteiger partial charge in [-0.3, -0.25) is 19.4 Å². The fourth-order valence-corrected chi connectivity index (χ4v) is 2.17. The molecule has 0 aliphatic carbocycles. The van der Waals surface area contributed by atoms with Gasteiger partial charge in [0.15, 0.2) is 0 Å². The Hall–Kier alpha value is -2.70. The molecule has 2 N–H and O–H groups in total. The Kier molecular flexibility index (Phi) is 7.61. The second-order valence-electron chi connectivity index (χ2n) is 5.78. The average molecular weight is 332 g/mol. The largest absolute Gasteiger partial charge is 0.350 e. The van der Waals surface area contributed by atoms with Gasteiger partial charge in [0.25, 0.3) is 5.91 Å². The van der Waals surface area contributed by atoms with Gasteiger partial charge in [0.05, 0.1) is 12.6 Å². The molecule has 7 nitrogen and oxygen atoms in total. The minimum atomic E-state index is -0.255. The molecule has 0 fully saturated rings. The van der Waals surface area contributed by atoms with Crippen LogP contribution in [0.5, 0.6) is 0 Å². The van der Waals surface area contributed by atoms with Crippen LogP contribution in [0, 0.1) is 5.92 Å². The van der Waals surface area contributed by atoms with Crippen LogP contribution in [-0.2, 0) is 14.4 Å². The monoisotopic (exact) mass is 332 g/mol. The molecule has 7 heteroatoms. The van der Waals surface area contributed by atoms with Gasteiger partial charge in [-0.05, 0) is 25.0 Å². The number of hydrogen-bond donors (Lipinski definition) is 2. The van der Waals surface area contributed by atoms with Crippen molar-refractivity contribution in [3.05, 3.63) is 36.2 Å². The number of pyridine rings is 1. The highest BCUT2D eigenvalue weighted by atomic mass is 16.2. The fraction of sp³-hybridized carbons (Fsp3) is 0.412. The summed E-state index contributed by atoms with van der Waals surface area (Å²) in [7, 11) is 1.66. The number of hydrogen-bond acceptors (Lipinski definition) is 4. The Morgan fingerprint density at radius 3 is 2.46 bits per heavy atom. The molecule has 1 rings (SSSR count). The van der Waals surface area contributed by atoms with E-state index in [2.05, 4.69) is 15.6 Å². The highest BCUT2D eigenvalue weighted by Crippen LogP contribution is 2.14. The van der Waals surface area contributed by atoms with Gasteiger partial charge in [-0.1, -0.05) is 19.9 Å². The van der Waals surface area contributed by atoms with Crippen LogP contribution in [-0.4, -0.2) is 47.7 Å². The quantitative estimate of drug-likeness (QED) is 0.553. The summed E-state index contributed by atoms with van der Waals surface area (Å²) >= 11 is 0. The number of carbonyl (C=O) groups excluding carboxylic acids is 3. The van der Waals surface area contributed by atoms with E-state index < -0.39 is 0 Å². The first-order chi connectivity index (χ1) is 11.4. The lowest BCUT2D eigenvalue weighted by Crippen LogP contribution is -2.43. The van der Waals surface area contributed by atoms with Gasteiger partial charge in [0.2, 0.25) is 12.3 Å². The molecule has 1 atom stereocenters. The number of carbonyl (C=O) groups is 3. The van der Waals surface area contributed by atoms with Gasteiger partial charge in [0, 0.05) is 30.7 Å². The summed E-state index contributed by atoms with van der Waals surface area (Å²) in [5.41, 5.74) is 1.16. The molecular formula is C17H24N4O3. The van der Waals surface area contributed by atoms with Crippen LogP contribution < -0.4 is 10.6 Å². The topological polar surface area (TPSA) is 91.4 Å². The van der Waals surface area contributed by atoms with E-state index in [1.165, 1.54) is 4.90 Å². The van der Waals surface area contributed by atoms with E-state index in [1.54, 1.807) is 44.6 Å². The number of nitrogens with zero attached hydrogens (tertiary/aromatic N) is 2. The third-order valence-corrected chi connectivity index (χ3v) is 3.58. The molecule has 0 bridgehead atoms. The molecule has 24 heavy (non-hydrogen) atoms. The third kappa shape index (κ3) is 5.83. The van der Waals surface area contributed by atoms with Gasteiger partial charge in [-0.2, -0.15) is 0 Å². The van der Waals surface area contributed by atoms with Crippen LogP contribution >= 0.6 is 0 Å². The summed E-state index contributed by atoms with van der Waals surface area (Å²) in [6.45, 7) is 5.56. The van der Waals surface area contributed by atoms with Crippen molar-refractivity contribution in [3.8, 4) is 0 Å². The molecule has 1 aromatic heterocycles. The minimum Gasteiger partial charge on any atom is -0.350 e. The minimum absolute atomic E-state index is 0.0701. The van der Waals surface area contributed by atoms with Crippen molar-refractivity contribution >= 4 is 23.9 Å². The zero-order valence-electron chi connectivity index (χ0n) is 14.4. The van der Waals surface area contributed by atoms with Gasteiger partial charge in [0.1, 0.15) is 0 Å². The summed E-state index contributed by atoms with van der Waals surface area (Å²) in [5.74, 6) is -0.350. The lowest BCUT2D eigenvalue weighted by atomic mass is 9.99. The maximum Gasteiger partial charge on any atom is 0.251 e. The Morgan fingerprint density at radius 1 is 1.29 bits per heavy atom. The average Bonchev–Trinajstić information content (AvgIpc) is 2.57. The van der Waals surface area contributed by atoms with Crippen molar-refractivity contribution < 1.29 is 14.4 Å². The zero-order valence-corrected chi connectivity index (χ0v) is 14.4. The summed E-state index contributed by atoms with van der Waals surface area (Å²) in [6, 6.07) is 3.15. The normalized spacial score (nSPS) is 12.5. The number of likely N-dealkylation sites (N-methyl/N-ethyl adjacent to an activating group) is 1. The van der Waals surface area contributed by atoms with E-state index >= 15 is 0 Å². The maximum atomic E-state index is 12.3. The van der Waals surface area contributed by atoms with Crippen molar-refractivity contribution in [3.63, 3.8) is 0 Å². The fourth-order valence-electron chi connectivity index (χ4n) is 2.17. The molecule has 0 aliphatic heterocycles. The third-order valence-electron chi connectivity index (χ3n) is 3.58. The number of amides is 3. The molecule has 0 saturated carbocycles. The molecule has 0 unspecified atom stereocenters. The SMILES string of the molecule is CC(=C[C@H](C(C)C)N(C)C(=O)CNC=O)C(=O)Nc1ccncc1. The van der Waals surface area contributed by atoms with E-state index in [0.717, 1.165) is 0 Å². The Morgan fingerprint density at radius 2 is 1.92 bits per heavy atom. The van der Waals surface area contributed by atoms with Crippen molar-refractivity contribution in [1.82, 2.24) is 15.2 Å². The van der Waals surface area contributed by atoms with E-state index in [0.29, 0.717) is 17.7 Å². The Balaban J connectivity index is 2.84. The molecule has 1 aromatic rings. The van der Waals surface area contributed by atoms with Crippen molar-refractivity contribution in [1.29, 1.82) is 0 Å². The number of nitrogens with one attached hydrogen (secondary N) is 2. The summed E-state index contributed by atoms with van der Waals surface area (Å²) in [5, 5.41) is 5.13. The number of rotatable bonds is 8. The van der Waals surface area contributed by atoms with Crippen molar-refractivity contribution in [2.75, 3.05) is 18.9 Å². The van der Waals surface area contributed by atoms with E-state index in [4.69, 9.17) is 0 Å². The van der Waals surface area contributed by atoms with Crippen LogP contribution in [0.15, 0.2) is 36.2 Å². The predicted molar refractivity (Wildman–Crippen MR) is 92.1 cm³/mol. The highest BCUT2D eigenvalue weighted by Gasteiger charge is 2.22. The predicted octanol–water partition coefficient (Wildman–Crippen LogP) is 1.20. The second kappa shape index (κ2) is 9.44. The Labute approximate surface area is 142 Å². The van der Waals surface area contributed by atoms with E-state index in [9.17, 15) is 14.4 Å². The first-order valence-electron chi connectivity index (χ1n) is 7.69. The number of anilines is 1. The van der Waals surface area contributed by atoms with E-state index in [-0.39, 0.29) is 30.3 Å². The molecular weight excluding hydrogens is 308 g/mol. The van der Waals surface area contributed by atoms with Crippen LogP contribution in [0.1, 0.15) is 20.8 Å². The van der Waals surface area contributed by atoms with E-state index in [1.807, 2.05) is 13.8 Å². The summed E-state index contributed by atoms with van der Waals surface area (Å²) < 4.78 is 0. The molecule has 0 saturated heterocycles. The first kappa shape index (κ1) is 19.3. The highest BCUT2D eigenvalue weighted by molar-refractivity contribution is 6.03. The number of aromatic nitrogens is 1. The summed E-state index contributed by atoms with van der Waals surface area (Å²) in [4.78, 5) is 40.1. The van der Waals surface area contributed by atoms with Crippen LogP contribution in [0.25, 0.3) is 0 Å². The molecule has 0 aliphatic rings. The molecule has 0 radical (unpaired) electrons. The van der Waals surface area contributed by atoms with Crippen LogP contribution in [0.4, 0.5) is 5.69 Å². The van der Waals surface area contributed by atoms with Gasteiger partial charge < -0.3 is 15.5 Å². The lowest BCUT2D eigenvalue weighted by Gasteiger charge is -2.29. The van der Waals surface area contributed by atoms with Gasteiger partial charge in [-0.15, -0.1) is 0 Å². The molecule has 1 heterocycles. The molecule has 3 amide bonds. The smallest absolute Gasteiger partial charge is 0.251 e. The van der Waals surface area contributed by atoms with Crippen molar-refractivity contribution in [2.45, 2.75) is 26.8 Å². The molecule has 0 aromatic carbocycles. The maximum absolute atomic E-state index is 12.3. The second-order valence-corrected chi connectivity index (χ2v) is 5.78. The molecule has 0 spiro atoms. The zero-order chi connectivity index (χ0) is 18.1. The standard InChI is InChI=1S/C17H24N4O3/c1-12(2)15(21(4)16(23)10-19-11-22)9-13(3)17(24)20-14-5-7-18-8-6-14/h5-9,11-12,15H,10H2,1-4H3,(H,19,22)(H,18,20,24)/t15-/m1/s1. The summed E-state index contributed by atoms with van der Waals surface area (Å²) in [6.07, 6.45) is 5.44. The lowest BCUT2D eigenvalue weighted by molar-refractivity contribution is -0.132.